The van der Waals surface area contributed by atoms with Crippen LogP contribution in [0.25, 0.3) is 5.69 Å². The van der Waals surface area contributed by atoms with Gasteiger partial charge >= 0.3 is 0 Å². The van der Waals surface area contributed by atoms with Gasteiger partial charge in [0.25, 0.3) is 0 Å². The minimum Gasteiger partial charge on any atom is -0.423 e. The van der Waals surface area contributed by atoms with Crippen LogP contribution in [0.3, 0.4) is 0 Å². The lowest BCUT2D eigenvalue weighted by Crippen LogP contribution is -2.42. The van der Waals surface area contributed by atoms with E-state index in [1.165, 1.54) is 0 Å². The number of morpholine rings is 1. The van der Waals surface area contributed by atoms with Crippen LogP contribution in [0, 0.1) is 6.92 Å². The van der Waals surface area contributed by atoms with Gasteiger partial charge in [-0.2, -0.15) is 5.10 Å². The summed E-state index contributed by atoms with van der Waals surface area (Å²) in [5.41, 5.74) is 1.00. The van der Waals surface area contributed by atoms with Gasteiger partial charge < -0.3 is 9.15 Å². The second-order valence-electron chi connectivity index (χ2n) is 6.21. The fourth-order valence-electron chi connectivity index (χ4n) is 3.10. The molecule has 0 N–H and O–H groups in total. The number of hydrogen-bond acceptors (Lipinski definition) is 7. The fraction of sp³-hybridized carbons (Fsp3) is 0.412. The van der Waals surface area contributed by atoms with Gasteiger partial charge in [-0.25, -0.2) is 9.67 Å². The number of nitrogens with zero attached hydrogens (tertiary/aromatic N) is 6. The summed E-state index contributed by atoms with van der Waals surface area (Å²) in [4.78, 5) is 6.71. The van der Waals surface area contributed by atoms with Crippen molar-refractivity contribution in [2.75, 3.05) is 13.1 Å². The average molecular weight is 340 g/mol. The summed E-state index contributed by atoms with van der Waals surface area (Å²) in [7, 11) is 0. The zero-order valence-electron chi connectivity index (χ0n) is 14.2. The monoisotopic (exact) mass is 340 g/mol. The van der Waals surface area contributed by atoms with Gasteiger partial charge in [0.2, 0.25) is 11.8 Å². The standard InChI is InChI=1S/C17H20N6O2/c1-12-8-22(9-15(24-12)17-21-20-13(2)25-17)10-16-18-11-19-23(16)14-6-4-3-5-7-14/h3-7,11-12,15H,8-10H2,1-2H3/t12-,15-/m1/s1. The summed E-state index contributed by atoms with van der Waals surface area (Å²) in [6.45, 7) is 5.98. The van der Waals surface area contributed by atoms with E-state index in [0.717, 1.165) is 18.1 Å². The maximum absolute atomic E-state index is 5.97. The van der Waals surface area contributed by atoms with Crippen LogP contribution in [0.2, 0.25) is 0 Å². The molecule has 0 aliphatic carbocycles. The first-order chi connectivity index (χ1) is 12.2. The van der Waals surface area contributed by atoms with Gasteiger partial charge in [-0.3, -0.25) is 4.90 Å². The first-order valence-corrected chi connectivity index (χ1v) is 8.31. The summed E-state index contributed by atoms with van der Waals surface area (Å²) in [5, 5.41) is 12.4. The minimum atomic E-state index is -0.224. The van der Waals surface area contributed by atoms with Crippen molar-refractivity contribution < 1.29 is 9.15 Å². The van der Waals surface area contributed by atoms with Crippen LogP contribution in [-0.2, 0) is 11.3 Å². The molecule has 130 valence electrons. The topological polar surface area (TPSA) is 82.1 Å². The van der Waals surface area contributed by atoms with Crippen molar-refractivity contribution in [3.05, 3.63) is 54.3 Å². The van der Waals surface area contributed by atoms with Crippen molar-refractivity contribution in [1.82, 2.24) is 29.9 Å². The highest BCUT2D eigenvalue weighted by atomic mass is 16.5. The molecule has 1 aliphatic rings. The van der Waals surface area contributed by atoms with E-state index in [1.54, 1.807) is 13.3 Å². The van der Waals surface area contributed by atoms with E-state index in [1.807, 2.05) is 41.9 Å². The van der Waals surface area contributed by atoms with Crippen molar-refractivity contribution in [3.63, 3.8) is 0 Å². The second-order valence-corrected chi connectivity index (χ2v) is 6.21. The predicted molar refractivity (Wildman–Crippen MR) is 89.0 cm³/mol. The van der Waals surface area contributed by atoms with Crippen LogP contribution < -0.4 is 0 Å². The Morgan fingerprint density at radius 1 is 1.16 bits per heavy atom. The van der Waals surface area contributed by atoms with Crippen molar-refractivity contribution in [3.8, 4) is 5.69 Å². The van der Waals surface area contributed by atoms with E-state index in [0.29, 0.717) is 24.9 Å². The van der Waals surface area contributed by atoms with Crippen LogP contribution in [0.15, 0.2) is 41.1 Å². The summed E-state index contributed by atoms with van der Waals surface area (Å²) in [5.74, 6) is 1.96. The highest BCUT2D eigenvalue weighted by Crippen LogP contribution is 2.25. The third kappa shape index (κ3) is 3.45. The lowest BCUT2D eigenvalue weighted by molar-refractivity contribution is -0.0924. The van der Waals surface area contributed by atoms with Crippen molar-refractivity contribution in [2.24, 2.45) is 0 Å². The van der Waals surface area contributed by atoms with Gasteiger partial charge in [-0.05, 0) is 19.1 Å². The van der Waals surface area contributed by atoms with Crippen molar-refractivity contribution in [1.29, 1.82) is 0 Å². The van der Waals surface area contributed by atoms with Gasteiger partial charge in [0.1, 0.15) is 18.3 Å². The van der Waals surface area contributed by atoms with Gasteiger partial charge in [-0.15, -0.1) is 10.2 Å². The highest BCUT2D eigenvalue weighted by molar-refractivity contribution is 5.30. The normalized spacial score (nSPS) is 21.5. The number of aryl methyl sites for hydroxylation is 1. The summed E-state index contributed by atoms with van der Waals surface area (Å²) < 4.78 is 13.4. The number of rotatable bonds is 4. The van der Waals surface area contributed by atoms with Gasteiger partial charge in [-0.1, -0.05) is 18.2 Å². The largest absolute Gasteiger partial charge is 0.423 e. The average Bonchev–Trinajstić information content (AvgIpc) is 3.24. The van der Waals surface area contributed by atoms with Crippen LogP contribution in [0.4, 0.5) is 0 Å². The van der Waals surface area contributed by atoms with Gasteiger partial charge in [0.15, 0.2) is 0 Å². The number of benzene rings is 1. The minimum absolute atomic E-state index is 0.0686. The molecule has 0 unspecified atom stereocenters. The highest BCUT2D eigenvalue weighted by Gasteiger charge is 2.30. The molecule has 2 aromatic heterocycles. The maximum atomic E-state index is 5.97. The molecule has 1 fully saturated rings. The van der Waals surface area contributed by atoms with Crippen LogP contribution in [0.1, 0.15) is 30.6 Å². The maximum Gasteiger partial charge on any atom is 0.246 e. The SMILES string of the molecule is Cc1nnc([C@H]2CN(Cc3ncnn3-c3ccccc3)C[C@@H](C)O2)o1. The smallest absolute Gasteiger partial charge is 0.246 e. The molecule has 0 saturated carbocycles. The Morgan fingerprint density at radius 2 is 2.00 bits per heavy atom. The zero-order chi connectivity index (χ0) is 17.2. The second kappa shape index (κ2) is 6.73. The molecule has 8 nitrogen and oxygen atoms in total. The summed E-state index contributed by atoms with van der Waals surface area (Å²) >= 11 is 0. The number of ether oxygens (including phenoxy) is 1. The summed E-state index contributed by atoms with van der Waals surface area (Å²) in [6.07, 6.45) is 1.43. The molecular weight excluding hydrogens is 320 g/mol. The molecule has 4 rings (SSSR count). The first-order valence-electron chi connectivity index (χ1n) is 8.31. The van der Waals surface area contributed by atoms with Gasteiger partial charge in [0.05, 0.1) is 18.3 Å². The zero-order valence-corrected chi connectivity index (χ0v) is 14.2. The Hall–Kier alpha value is -2.58. The van der Waals surface area contributed by atoms with Crippen molar-refractivity contribution in [2.45, 2.75) is 32.6 Å². The Morgan fingerprint density at radius 3 is 2.76 bits per heavy atom. The number of para-hydroxylation sites is 1. The molecule has 25 heavy (non-hydrogen) atoms. The molecule has 0 bridgehead atoms. The molecule has 3 heterocycles. The van der Waals surface area contributed by atoms with Gasteiger partial charge in [0, 0.05) is 20.0 Å². The molecule has 1 aromatic carbocycles. The Balaban J connectivity index is 1.52. The molecular formula is C17H20N6O2. The molecule has 2 atom stereocenters. The third-order valence-electron chi connectivity index (χ3n) is 4.14. The van der Waals surface area contributed by atoms with Crippen LogP contribution in [0.5, 0.6) is 0 Å². The number of aromatic nitrogens is 5. The Bertz CT molecular complexity index is 831. The predicted octanol–water partition coefficient (Wildman–Crippen LogP) is 1.92. The van der Waals surface area contributed by atoms with E-state index in [4.69, 9.17) is 9.15 Å². The van der Waals surface area contributed by atoms with Crippen LogP contribution in [-0.4, -0.2) is 49.1 Å². The Labute approximate surface area is 145 Å². The molecule has 0 radical (unpaired) electrons. The molecule has 0 spiro atoms. The lowest BCUT2D eigenvalue weighted by atomic mass is 10.2. The Kier molecular flexibility index (Phi) is 4.29. The molecule has 0 amide bonds. The third-order valence-corrected chi connectivity index (χ3v) is 4.14. The van der Waals surface area contributed by atoms with E-state index in [-0.39, 0.29) is 12.2 Å². The van der Waals surface area contributed by atoms with E-state index in [2.05, 4.69) is 25.2 Å². The molecule has 1 saturated heterocycles. The van der Waals surface area contributed by atoms with E-state index < -0.39 is 0 Å². The molecule has 1 aliphatic heterocycles. The van der Waals surface area contributed by atoms with Crippen molar-refractivity contribution >= 4 is 0 Å². The fourth-order valence-corrected chi connectivity index (χ4v) is 3.10. The molecule has 8 heteroatoms. The van der Waals surface area contributed by atoms with E-state index >= 15 is 0 Å². The summed E-state index contributed by atoms with van der Waals surface area (Å²) in [6, 6.07) is 10.0. The number of hydrogen-bond donors (Lipinski definition) is 0. The quantitative estimate of drug-likeness (QED) is 0.717. The van der Waals surface area contributed by atoms with Crippen LogP contribution >= 0.6 is 0 Å². The van der Waals surface area contributed by atoms with E-state index in [9.17, 15) is 0 Å². The first kappa shape index (κ1) is 15.9. The molecule has 3 aromatic rings. The lowest BCUT2D eigenvalue weighted by Gasteiger charge is -2.34.